The van der Waals surface area contributed by atoms with Crippen LogP contribution in [0.15, 0.2) is 24.3 Å². The van der Waals surface area contributed by atoms with Crippen LogP contribution < -0.4 is 0 Å². The van der Waals surface area contributed by atoms with Gasteiger partial charge in [-0.3, -0.25) is 9.69 Å². The van der Waals surface area contributed by atoms with Gasteiger partial charge in [-0.05, 0) is 56.6 Å². The molecule has 170 valence electrons. The van der Waals surface area contributed by atoms with E-state index < -0.39 is 32.1 Å². The third-order valence-corrected chi connectivity index (χ3v) is 9.77. The van der Waals surface area contributed by atoms with Crippen molar-refractivity contribution in [2.24, 2.45) is 0 Å². The van der Waals surface area contributed by atoms with E-state index >= 15 is 0 Å². The van der Waals surface area contributed by atoms with Crippen LogP contribution in [0.1, 0.15) is 53.2 Å². The number of methoxy groups -OCH3 is 1. The molecule has 8 heteroatoms. The third kappa shape index (κ3) is 8.28. The van der Waals surface area contributed by atoms with Crippen molar-refractivity contribution in [1.29, 1.82) is 0 Å². The van der Waals surface area contributed by atoms with E-state index in [0.717, 1.165) is 5.56 Å². The molecule has 0 spiro atoms. The molecule has 1 rings (SSSR count). The summed E-state index contributed by atoms with van der Waals surface area (Å²) < 4.78 is 16.9. The highest BCUT2D eigenvalue weighted by Crippen LogP contribution is 2.40. The van der Waals surface area contributed by atoms with E-state index in [9.17, 15) is 9.59 Å². The summed E-state index contributed by atoms with van der Waals surface area (Å²) >= 11 is 6.22. The number of ether oxygens (including phenoxy) is 2. The average molecular weight is 458 g/mol. The smallest absolute Gasteiger partial charge is 0.410 e. The molecule has 1 amide bonds. The van der Waals surface area contributed by atoms with Crippen molar-refractivity contribution in [3.63, 3.8) is 0 Å². The zero-order chi connectivity index (χ0) is 23.3. The molecular weight excluding hydrogens is 422 g/mol. The van der Waals surface area contributed by atoms with Crippen molar-refractivity contribution >= 4 is 32.0 Å². The van der Waals surface area contributed by atoms with Gasteiger partial charge in [-0.15, -0.1) is 0 Å². The van der Waals surface area contributed by atoms with Gasteiger partial charge in [0.25, 0.3) is 0 Å². The predicted octanol–water partition coefficient (Wildman–Crippen LogP) is 5.81. The van der Waals surface area contributed by atoms with Crippen molar-refractivity contribution in [3.05, 3.63) is 34.9 Å². The number of carbonyl (C=O) groups excluding carboxylic acids is 2. The lowest BCUT2D eigenvalue weighted by Gasteiger charge is -2.40. The summed E-state index contributed by atoms with van der Waals surface area (Å²) in [7, 11) is -0.915. The van der Waals surface area contributed by atoms with Gasteiger partial charge in [-0.1, -0.05) is 44.5 Å². The van der Waals surface area contributed by atoms with Crippen LogP contribution in [0.25, 0.3) is 0 Å². The number of benzene rings is 1. The first-order chi connectivity index (χ1) is 13.6. The zero-order valence-electron chi connectivity index (χ0n) is 19.7. The number of hydrogen-bond acceptors (Lipinski definition) is 5. The second-order valence-electron chi connectivity index (χ2n) is 9.86. The fourth-order valence-corrected chi connectivity index (χ4v) is 3.87. The van der Waals surface area contributed by atoms with E-state index in [2.05, 4.69) is 33.9 Å². The molecule has 0 aromatic heterocycles. The maximum atomic E-state index is 12.8. The predicted molar refractivity (Wildman–Crippen MR) is 122 cm³/mol. The molecule has 0 saturated carbocycles. The van der Waals surface area contributed by atoms with E-state index in [1.165, 1.54) is 12.0 Å². The van der Waals surface area contributed by atoms with Crippen molar-refractivity contribution in [3.8, 4) is 0 Å². The summed E-state index contributed by atoms with van der Waals surface area (Å²) in [5.41, 5.74) is 0.142. The summed E-state index contributed by atoms with van der Waals surface area (Å²) in [6.07, 6.45) is -1.07. The highest BCUT2D eigenvalue weighted by Gasteiger charge is 2.40. The average Bonchev–Trinajstić information content (AvgIpc) is 2.57. The normalized spacial score (nSPS) is 13.5. The summed E-state index contributed by atoms with van der Waals surface area (Å²) in [6, 6.07) is 7.37. The topological polar surface area (TPSA) is 65.1 Å². The minimum atomic E-state index is -2.20. The quantitative estimate of drug-likeness (QED) is 0.381. The minimum absolute atomic E-state index is 0.0388. The van der Waals surface area contributed by atoms with Gasteiger partial charge in [0.1, 0.15) is 12.1 Å². The molecule has 30 heavy (non-hydrogen) atoms. The Morgan fingerprint density at radius 2 is 1.73 bits per heavy atom. The molecule has 0 radical (unpaired) electrons. The molecule has 0 heterocycles. The molecular formula is C22H36ClNO5Si. The Kier molecular flexibility index (Phi) is 8.96. The van der Waals surface area contributed by atoms with Crippen LogP contribution in [-0.2, 0) is 18.7 Å². The Labute approximate surface area is 187 Å². The molecule has 0 aliphatic rings. The largest absolute Gasteiger partial charge is 0.468 e. The Hall–Kier alpha value is -1.57. The van der Waals surface area contributed by atoms with Gasteiger partial charge in [0, 0.05) is 5.02 Å². The highest BCUT2D eigenvalue weighted by atomic mass is 35.5. The van der Waals surface area contributed by atoms with Crippen molar-refractivity contribution < 1.29 is 23.5 Å². The SMILES string of the molecule is COC(=O)CN(C[C@H](O[Si](C)(C)C(C)(C)C)c1cccc(Cl)c1)C(=O)OC(C)(C)C. The van der Waals surface area contributed by atoms with Crippen LogP contribution in [0, 0.1) is 0 Å². The van der Waals surface area contributed by atoms with Gasteiger partial charge < -0.3 is 13.9 Å². The molecule has 0 saturated heterocycles. The number of halogens is 1. The molecule has 0 bridgehead atoms. The lowest BCUT2D eigenvalue weighted by atomic mass is 10.1. The molecule has 1 atom stereocenters. The number of carbonyl (C=O) groups is 2. The van der Waals surface area contributed by atoms with Crippen LogP contribution in [-0.4, -0.2) is 51.1 Å². The molecule has 0 N–H and O–H groups in total. The number of esters is 1. The van der Waals surface area contributed by atoms with Gasteiger partial charge in [-0.2, -0.15) is 0 Å². The van der Waals surface area contributed by atoms with E-state index in [4.69, 9.17) is 25.5 Å². The third-order valence-electron chi connectivity index (χ3n) is 5.05. The Bertz CT molecular complexity index is 740. The fraction of sp³-hybridized carbons (Fsp3) is 0.636. The molecule has 0 aliphatic carbocycles. The molecule has 0 aliphatic heterocycles. The fourth-order valence-electron chi connectivity index (χ4n) is 2.40. The number of rotatable bonds is 7. The standard InChI is InChI=1S/C22H36ClNO5Si/c1-21(2,3)28-20(26)24(15-19(25)27-7)14-18(16-11-10-12-17(23)13-16)29-30(8,9)22(4,5)6/h10-13,18H,14-15H2,1-9H3/t18-/m0/s1. The lowest BCUT2D eigenvalue weighted by molar-refractivity contribution is -0.142. The maximum absolute atomic E-state index is 12.8. The van der Waals surface area contributed by atoms with Crippen molar-refractivity contribution in [1.82, 2.24) is 4.90 Å². The van der Waals surface area contributed by atoms with E-state index in [1.807, 2.05) is 18.2 Å². The minimum Gasteiger partial charge on any atom is -0.468 e. The summed E-state index contributed by atoms with van der Waals surface area (Å²) in [4.78, 5) is 26.1. The van der Waals surface area contributed by atoms with E-state index in [1.54, 1.807) is 26.8 Å². The van der Waals surface area contributed by atoms with Crippen molar-refractivity contribution in [2.75, 3.05) is 20.2 Å². The molecule has 6 nitrogen and oxygen atoms in total. The van der Waals surface area contributed by atoms with E-state index in [-0.39, 0.29) is 18.1 Å². The maximum Gasteiger partial charge on any atom is 0.410 e. The lowest BCUT2D eigenvalue weighted by Crippen LogP contribution is -2.47. The van der Waals surface area contributed by atoms with Crippen LogP contribution in [0.2, 0.25) is 23.2 Å². The van der Waals surface area contributed by atoms with Gasteiger partial charge in [0.15, 0.2) is 8.32 Å². The van der Waals surface area contributed by atoms with Crippen molar-refractivity contribution in [2.45, 2.75) is 71.4 Å². The Balaban J connectivity index is 3.30. The zero-order valence-corrected chi connectivity index (χ0v) is 21.4. The molecule has 0 unspecified atom stereocenters. The summed E-state index contributed by atoms with van der Waals surface area (Å²) in [5.74, 6) is -0.530. The van der Waals surface area contributed by atoms with Crippen LogP contribution in [0.4, 0.5) is 4.79 Å². The number of amides is 1. The number of hydrogen-bond donors (Lipinski definition) is 0. The van der Waals surface area contributed by atoms with Crippen LogP contribution >= 0.6 is 11.6 Å². The summed E-state index contributed by atoms with van der Waals surface area (Å²) in [5, 5.41) is 0.538. The Morgan fingerprint density at radius 1 is 1.13 bits per heavy atom. The molecule has 1 aromatic carbocycles. The molecule has 0 fully saturated rings. The van der Waals surface area contributed by atoms with Gasteiger partial charge in [-0.25, -0.2) is 4.79 Å². The highest BCUT2D eigenvalue weighted by molar-refractivity contribution is 6.74. The molecule has 1 aromatic rings. The van der Waals surface area contributed by atoms with Gasteiger partial charge >= 0.3 is 12.1 Å². The first-order valence-electron chi connectivity index (χ1n) is 10.0. The van der Waals surface area contributed by atoms with Gasteiger partial charge in [0.05, 0.1) is 19.8 Å². The Morgan fingerprint density at radius 3 is 2.20 bits per heavy atom. The second-order valence-corrected chi connectivity index (χ2v) is 15.1. The second kappa shape index (κ2) is 10.2. The number of nitrogens with zero attached hydrogens (tertiary/aromatic N) is 1. The van der Waals surface area contributed by atoms with Crippen LogP contribution in [0.5, 0.6) is 0 Å². The first-order valence-corrected chi connectivity index (χ1v) is 13.3. The van der Waals surface area contributed by atoms with Gasteiger partial charge in [0.2, 0.25) is 0 Å². The monoisotopic (exact) mass is 457 g/mol. The van der Waals surface area contributed by atoms with Crippen LogP contribution in [0.3, 0.4) is 0 Å². The summed E-state index contributed by atoms with van der Waals surface area (Å²) in [6.45, 7) is 16.0. The van der Waals surface area contributed by atoms with E-state index in [0.29, 0.717) is 5.02 Å². The first kappa shape index (κ1) is 26.5.